The third kappa shape index (κ3) is 1.86. The van der Waals surface area contributed by atoms with Gasteiger partial charge in [-0.1, -0.05) is 5.16 Å². The molecule has 1 atom stereocenters. The maximum absolute atomic E-state index is 5.33. The smallest absolute Gasteiger partial charge is 0.244 e. The second kappa shape index (κ2) is 4.33. The molecule has 2 aromatic rings. The van der Waals surface area contributed by atoms with Crippen LogP contribution < -0.4 is 5.32 Å². The Balaban J connectivity index is 1.89. The first-order valence-corrected chi connectivity index (χ1v) is 6.11. The van der Waals surface area contributed by atoms with Crippen LogP contribution in [0.25, 0.3) is 11.5 Å². The van der Waals surface area contributed by atoms with Gasteiger partial charge in [0.15, 0.2) is 0 Å². The minimum atomic E-state index is 0.237. The van der Waals surface area contributed by atoms with E-state index in [-0.39, 0.29) is 6.04 Å². The van der Waals surface area contributed by atoms with Crippen LogP contribution in [0.3, 0.4) is 0 Å². The van der Waals surface area contributed by atoms with Gasteiger partial charge in [0.1, 0.15) is 0 Å². The van der Waals surface area contributed by atoms with Gasteiger partial charge in [-0.3, -0.25) is 0 Å². The van der Waals surface area contributed by atoms with Crippen LogP contribution in [0.15, 0.2) is 22.9 Å². The largest absolute Gasteiger partial charge is 0.345 e. The van der Waals surface area contributed by atoms with E-state index in [9.17, 15) is 0 Å². The fourth-order valence-electron chi connectivity index (χ4n) is 2.27. The average molecular weight is 232 g/mol. The van der Waals surface area contributed by atoms with Gasteiger partial charge in [0.05, 0.1) is 11.7 Å². The summed E-state index contributed by atoms with van der Waals surface area (Å²) < 4.78 is 7.44. The van der Waals surface area contributed by atoms with Crippen LogP contribution in [0.4, 0.5) is 0 Å². The summed E-state index contributed by atoms with van der Waals surface area (Å²) in [6, 6.07) is 4.25. The quantitative estimate of drug-likeness (QED) is 0.879. The van der Waals surface area contributed by atoms with Crippen LogP contribution in [-0.2, 0) is 6.54 Å². The van der Waals surface area contributed by atoms with Gasteiger partial charge in [0.25, 0.3) is 0 Å². The molecule has 1 aliphatic rings. The molecular formula is C12H16N4O. The van der Waals surface area contributed by atoms with Gasteiger partial charge >= 0.3 is 0 Å². The lowest BCUT2D eigenvalue weighted by Gasteiger charge is -2.02. The Bertz CT molecular complexity index is 496. The first-order chi connectivity index (χ1) is 8.38. The van der Waals surface area contributed by atoms with Gasteiger partial charge < -0.3 is 14.4 Å². The molecule has 5 heteroatoms. The lowest BCUT2D eigenvalue weighted by atomic mass is 10.2. The molecule has 1 N–H and O–H groups in total. The Labute approximate surface area is 99.8 Å². The lowest BCUT2D eigenvalue weighted by molar-refractivity contribution is 0.344. The number of rotatable bonds is 3. The van der Waals surface area contributed by atoms with Crippen LogP contribution in [0.1, 0.15) is 31.7 Å². The molecular weight excluding hydrogens is 216 g/mol. The highest BCUT2D eigenvalue weighted by Crippen LogP contribution is 2.24. The number of aromatic nitrogens is 3. The first kappa shape index (κ1) is 10.5. The van der Waals surface area contributed by atoms with E-state index in [0.29, 0.717) is 11.7 Å². The minimum Gasteiger partial charge on any atom is -0.345 e. The molecule has 0 amide bonds. The van der Waals surface area contributed by atoms with Gasteiger partial charge in [-0.25, -0.2) is 0 Å². The summed E-state index contributed by atoms with van der Waals surface area (Å²) >= 11 is 0. The summed E-state index contributed by atoms with van der Waals surface area (Å²) in [6.07, 6.45) is 4.28. The molecule has 1 fully saturated rings. The van der Waals surface area contributed by atoms with Crippen molar-refractivity contribution in [3.05, 3.63) is 24.2 Å². The van der Waals surface area contributed by atoms with Gasteiger partial charge in [0.2, 0.25) is 11.7 Å². The molecule has 2 aromatic heterocycles. The van der Waals surface area contributed by atoms with Gasteiger partial charge in [-0.15, -0.1) is 0 Å². The Hall–Kier alpha value is -1.62. The van der Waals surface area contributed by atoms with E-state index in [4.69, 9.17) is 4.52 Å². The molecule has 0 aliphatic carbocycles. The summed E-state index contributed by atoms with van der Waals surface area (Å²) in [5, 5.41) is 7.42. The number of hydrogen-bond acceptors (Lipinski definition) is 4. The Morgan fingerprint density at radius 3 is 3.29 bits per heavy atom. The van der Waals surface area contributed by atoms with Crippen molar-refractivity contribution in [2.45, 2.75) is 32.4 Å². The normalized spacial score (nSPS) is 19.9. The molecule has 1 aliphatic heterocycles. The summed E-state index contributed by atoms with van der Waals surface area (Å²) in [4.78, 5) is 4.48. The second-order valence-electron chi connectivity index (χ2n) is 4.28. The molecule has 1 saturated heterocycles. The molecule has 0 radical (unpaired) electrons. The SMILES string of the molecule is CCn1cccc1-c1noc([C@@H]2CCCN2)n1. The summed E-state index contributed by atoms with van der Waals surface area (Å²) in [7, 11) is 0. The van der Waals surface area contributed by atoms with Crippen LogP contribution in [0.2, 0.25) is 0 Å². The standard InChI is InChI=1S/C12H16N4O/c1-2-16-8-4-6-10(16)11-14-12(17-15-11)9-5-3-7-13-9/h4,6,8-9,13H,2-3,5,7H2,1H3/t9-/m0/s1. The minimum absolute atomic E-state index is 0.237. The molecule has 0 unspecified atom stereocenters. The Morgan fingerprint density at radius 2 is 2.53 bits per heavy atom. The van der Waals surface area contributed by atoms with E-state index < -0.39 is 0 Å². The number of nitrogens with zero attached hydrogens (tertiary/aromatic N) is 3. The van der Waals surface area contributed by atoms with E-state index in [1.165, 1.54) is 6.42 Å². The molecule has 3 rings (SSSR count). The van der Waals surface area contributed by atoms with E-state index in [1.54, 1.807) is 0 Å². The van der Waals surface area contributed by atoms with Crippen molar-refractivity contribution in [3.63, 3.8) is 0 Å². The van der Waals surface area contributed by atoms with Crippen LogP contribution in [0, 0.1) is 0 Å². The molecule has 0 aromatic carbocycles. The van der Waals surface area contributed by atoms with E-state index in [0.717, 1.165) is 25.2 Å². The fraction of sp³-hybridized carbons (Fsp3) is 0.500. The zero-order chi connectivity index (χ0) is 11.7. The summed E-state index contributed by atoms with van der Waals surface area (Å²) in [5.41, 5.74) is 1.01. The van der Waals surface area contributed by atoms with Gasteiger partial charge in [0, 0.05) is 12.7 Å². The van der Waals surface area contributed by atoms with Crippen LogP contribution in [0.5, 0.6) is 0 Å². The zero-order valence-corrected chi connectivity index (χ0v) is 9.89. The van der Waals surface area contributed by atoms with Crippen molar-refractivity contribution >= 4 is 0 Å². The van der Waals surface area contributed by atoms with Crippen molar-refractivity contribution in [1.29, 1.82) is 0 Å². The highest BCUT2D eigenvalue weighted by atomic mass is 16.5. The Morgan fingerprint density at radius 1 is 1.59 bits per heavy atom. The average Bonchev–Trinajstić information content (AvgIpc) is 3.09. The van der Waals surface area contributed by atoms with Gasteiger partial charge in [-0.2, -0.15) is 4.98 Å². The lowest BCUT2D eigenvalue weighted by Crippen LogP contribution is -2.13. The third-order valence-electron chi connectivity index (χ3n) is 3.20. The predicted octanol–water partition coefficient (Wildman–Crippen LogP) is 1.98. The summed E-state index contributed by atoms with van der Waals surface area (Å²) in [6.45, 7) is 4.05. The topological polar surface area (TPSA) is 55.9 Å². The highest BCUT2D eigenvalue weighted by molar-refractivity contribution is 5.49. The van der Waals surface area contributed by atoms with Crippen LogP contribution in [-0.4, -0.2) is 21.3 Å². The van der Waals surface area contributed by atoms with Crippen molar-refractivity contribution in [2.75, 3.05) is 6.54 Å². The second-order valence-corrected chi connectivity index (χ2v) is 4.28. The molecule has 5 nitrogen and oxygen atoms in total. The van der Waals surface area contributed by atoms with Crippen molar-refractivity contribution < 1.29 is 4.52 Å². The number of aryl methyl sites for hydroxylation is 1. The molecule has 0 spiro atoms. The van der Waals surface area contributed by atoms with Crippen molar-refractivity contribution in [2.24, 2.45) is 0 Å². The van der Waals surface area contributed by atoms with Crippen molar-refractivity contribution in [3.8, 4) is 11.5 Å². The Kier molecular flexibility index (Phi) is 2.68. The molecule has 0 bridgehead atoms. The summed E-state index contributed by atoms with van der Waals surface area (Å²) in [5.74, 6) is 1.39. The van der Waals surface area contributed by atoms with E-state index >= 15 is 0 Å². The molecule has 90 valence electrons. The molecule has 17 heavy (non-hydrogen) atoms. The molecule has 3 heterocycles. The number of nitrogens with one attached hydrogen (secondary N) is 1. The maximum Gasteiger partial charge on any atom is 0.244 e. The third-order valence-corrected chi connectivity index (χ3v) is 3.20. The fourth-order valence-corrected chi connectivity index (χ4v) is 2.27. The number of hydrogen-bond donors (Lipinski definition) is 1. The maximum atomic E-state index is 5.33. The predicted molar refractivity (Wildman–Crippen MR) is 63.4 cm³/mol. The van der Waals surface area contributed by atoms with Gasteiger partial charge in [-0.05, 0) is 38.4 Å². The van der Waals surface area contributed by atoms with Crippen LogP contribution >= 0.6 is 0 Å². The van der Waals surface area contributed by atoms with E-state index in [1.807, 2.05) is 18.3 Å². The monoisotopic (exact) mass is 232 g/mol. The highest BCUT2D eigenvalue weighted by Gasteiger charge is 2.23. The zero-order valence-electron chi connectivity index (χ0n) is 9.89. The van der Waals surface area contributed by atoms with E-state index in [2.05, 4.69) is 26.9 Å². The van der Waals surface area contributed by atoms with Crippen molar-refractivity contribution in [1.82, 2.24) is 20.0 Å². The first-order valence-electron chi connectivity index (χ1n) is 6.11. The molecule has 0 saturated carbocycles.